The van der Waals surface area contributed by atoms with Crippen LogP contribution >= 0.6 is 0 Å². The van der Waals surface area contributed by atoms with Gasteiger partial charge < -0.3 is 19.8 Å². The molecule has 198 valence electrons. The number of carboxylic acids is 1. The molecule has 1 atom stereocenters. The summed E-state index contributed by atoms with van der Waals surface area (Å²) in [6.45, 7) is 6.62. The first-order valence-corrected chi connectivity index (χ1v) is 12.3. The van der Waals surface area contributed by atoms with Crippen LogP contribution in [0.2, 0.25) is 0 Å². The van der Waals surface area contributed by atoms with E-state index in [1.54, 1.807) is 24.4 Å². The molecule has 0 saturated carbocycles. The number of aliphatic carboxylic acids is 1. The number of nitrogens with zero attached hydrogens (tertiary/aromatic N) is 5. The molecular weight excluding hydrogens is 493 g/mol. The van der Waals surface area contributed by atoms with Crippen LogP contribution in [-0.2, 0) is 16.8 Å². The predicted molar refractivity (Wildman–Crippen MR) is 136 cm³/mol. The van der Waals surface area contributed by atoms with E-state index in [0.717, 1.165) is 6.42 Å². The molecular formula is C26H28FN7O4. The van der Waals surface area contributed by atoms with Gasteiger partial charge in [-0.2, -0.15) is 10.1 Å². The minimum Gasteiger partial charge on any atom is -0.481 e. The van der Waals surface area contributed by atoms with Crippen molar-refractivity contribution >= 4 is 28.7 Å². The van der Waals surface area contributed by atoms with Gasteiger partial charge in [0.05, 0.1) is 11.3 Å². The molecule has 1 saturated heterocycles. The molecule has 5 rings (SSSR count). The maximum Gasteiger partial charge on any atom is 0.308 e. The standard InChI is InChI=1S/C26H28FN7O4/c1-26(2,3)25-30-21(33-38-25)23(35)29-12-15-7-6-14(11-18(15)27)17-8-9-28-20-19(17)22(32-31-20)34-10-4-5-16(13-34)24(36)37/h6-9,11,16H,4-5,10,12-13H2,1-3H3,(H,29,35)(H,36,37)(H,28,31,32)/t16-/m0/s1. The quantitative estimate of drug-likeness (QED) is 0.345. The second-order valence-corrected chi connectivity index (χ2v) is 10.4. The van der Waals surface area contributed by atoms with Gasteiger partial charge in [-0.25, -0.2) is 9.37 Å². The van der Waals surface area contributed by atoms with E-state index >= 15 is 4.39 Å². The third-order valence-electron chi connectivity index (χ3n) is 6.59. The predicted octanol–water partition coefficient (Wildman–Crippen LogP) is 3.68. The van der Waals surface area contributed by atoms with E-state index in [1.165, 1.54) is 6.07 Å². The van der Waals surface area contributed by atoms with Crippen LogP contribution in [-0.4, -0.2) is 55.4 Å². The van der Waals surface area contributed by atoms with Crippen molar-refractivity contribution in [3.63, 3.8) is 0 Å². The van der Waals surface area contributed by atoms with Crippen LogP contribution in [0.5, 0.6) is 0 Å². The minimum atomic E-state index is -0.827. The highest BCUT2D eigenvalue weighted by molar-refractivity contribution is 6.00. The molecule has 3 aromatic heterocycles. The fourth-order valence-electron chi connectivity index (χ4n) is 4.51. The third-order valence-corrected chi connectivity index (χ3v) is 6.59. The van der Waals surface area contributed by atoms with E-state index in [-0.39, 0.29) is 12.4 Å². The molecule has 11 nitrogen and oxygen atoms in total. The van der Waals surface area contributed by atoms with Crippen LogP contribution in [0.4, 0.5) is 10.2 Å². The number of aromatic nitrogens is 5. The SMILES string of the molecule is CC(C)(C)c1nc(C(=O)NCc2ccc(-c3ccnc4[nH]nc(N5CCC[C@H](C(=O)O)C5)c34)cc2F)no1. The number of H-pyrrole nitrogens is 1. The van der Waals surface area contributed by atoms with Crippen molar-refractivity contribution in [2.45, 2.75) is 45.6 Å². The number of rotatable bonds is 6. The smallest absolute Gasteiger partial charge is 0.308 e. The summed E-state index contributed by atoms with van der Waals surface area (Å²) in [5.74, 6) is -1.54. The largest absolute Gasteiger partial charge is 0.481 e. The Morgan fingerprint density at radius 1 is 1.29 bits per heavy atom. The van der Waals surface area contributed by atoms with Crippen molar-refractivity contribution in [3.8, 4) is 11.1 Å². The molecule has 0 radical (unpaired) electrons. The summed E-state index contributed by atoms with van der Waals surface area (Å²) in [6, 6.07) is 6.54. The van der Waals surface area contributed by atoms with Crippen LogP contribution in [0.3, 0.4) is 0 Å². The third kappa shape index (κ3) is 4.93. The summed E-state index contributed by atoms with van der Waals surface area (Å²) in [7, 11) is 0. The Balaban J connectivity index is 1.37. The first-order valence-electron chi connectivity index (χ1n) is 12.3. The fraction of sp³-hybridized carbons (Fsp3) is 0.385. The van der Waals surface area contributed by atoms with E-state index in [2.05, 4.69) is 30.6 Å². The number of benzene rings is 1. The zero-order valence-electron chi connectivity index (χ0n) is 21.3. The van der Waals surface area contributed by atoms with Gasteiger partial charge in [-0.3, -0.25) is 14.7 Å². The first-order chi connectivity index (χ1) is 18.1. The van der Waals surface area contributed by atoms with Crippen LogP contribution < -0.4 is 10.2 Å². The van der Waals surface area contributed by atoms with Crippen molar-refractivity contribution < 1.29 is 23.6 Å². The summed E-state index contributed by atoms with van der Waals surface area (Å²) in [5.41, 5.74) is 1.74. The number of amides is 1. The first kappa shape index (κ1) is 25.3. The molecule has 1 aliphatic heterocycles. The number of fused-ring (bicyclic) bond motifs is 1. The average Bonchev–Trinajstić information content (AvgIpc) is 3.56. The van der Waals surface area contributed by atoms with Crippen molar-refractivity contribution in [2.24, 2.45) is 5.92 Å². The number of carbonyl (C=O) groups excluding carboxylic acids is 1. The summed E-state index contributed by atoms with van der Waals surface area (Å²) in [5, 5.41) is 23.9. The monoisotopic (exact) mass is 521 g/mol. The number of pyridine rings is 1. The number of nitrogens with one attached hydrogen (secondary N) is 2. The van der Waals surface area contributed by atoms with Crippen molar-refractivity contribution in [2.75, 3.05) is 18.0 Å². The second-order valence-electron chi connectivity index (χ2n) is 10.4. The Morgan fingerprint density at radius 2 is 2.11 bits per heavy atom. The molecule has 1 aliphatic rings. The molecule has 12 heteroatoms. The number of anilines is 1. The summed E-state index contributed by atoms with van der Waals surface area (Å²) in [4.78, 5) is 34.4. The van der Waals surface area contributed by atoms with Gasteiger partial charge in [0.15, 0.2) is 11.5 Å². The van der Waals surface area contributed by atoms with Crippen molar-refractivity contribution in [3.05, 3.63) is 53.6 Å². The van der Waals surface area contributed by atoms with E-state index in [4.69, 9.17) is 4.52 Å². The second kappa shape index (κ2) is 9.84. The lowest BCUT2D eigenvalue weighted by molar-refractivity contribution is -0.141. The lowest BCUT2D eigenvalue weighted by atomic mass is 9.97. The lowest BCUT2D eigenvalue weighted by Gasteiger charge is -2.31. The van der Waals surface area contributed by atoms with Gasteiger partial charge in [-0.1, -0.05) is 38.1 Å². The lowest BCUT2D eigenvalue weighted by Crippen LogP contribution is -2.39. The number of halogens is 1. The Kier molecular flexibility index (Phi) is 6.55. The highest BCUT2D eigenvalue weighted by Gasteiger charge is 2.29. The minimum absolute atomic E-state index is 0.0581. The molecule has 1 amide bonds. The Morgan fingerprint density at radius 3 is 2.82 bits per heavy atom. The maximum absolute atomic E-state index is 15.2. The Hall–Kier alpha value is -4.35. The maximum atomic E-state index is 15.2. The van der Waals surface area contributed by atoms with Gasteiger partial charge >= 0.3 is 5.97 Å². The zero-order valence-corrected chi connectivity index (χ0v) is 21.3. The molecule has 0 spiro atoms. The van der Waals surface area contributed by atoms with Crippen molar-refractivity contribution in [1.29, 1.82) is 0 Å². The Labute approximate surface area is 217 Å². The molecule has 4 aromatic rings. The summed E-state index contributed by atoms with van der Waals surface area (Å²) >= 11 is 0. The number of carbonyl (C=O) groups is 2. The zero-order chi connectivity index (χ0) is 27.0. The summed E-state index contributed by atoms with van der Waals surface area (Å²) in [6.07, 6.45) is 2.96. The Bertz CT molecular complexity index is 1510. The van der Waals surface area contributed by atoms with Gasteiger partial charge in [0, 0.05) is 36.8 Å². The van der Waals surface area contributed by atoms with Crippen LogP contribution in [0.1, 0.15) is 55.7 Å². The molecule has 3 N–H and O–H groups in total. The van der Waals surface area contributed by atoms with Gasteiger partial charge in [0.1, 0.15) is 5.82 Å². The topological polar surface area (TPSA) is 150 Å². The number of carboxylic acid groups (broad SMARTS) is 1. The summed E-state index contributed by atoms with van der Waals surface area (Å²) < 4.78 is 20.3. The van der Waals surface area contributed by atoms with Gasteiger partial charge in [0.25, 0.3) is 11.7 Å². The molecule has 0 unspecified atom stereocenters. The number of piperidine rings is 1. The van der Waals surface area contributed by atoms with Gasteiger partial charge in [-0.05, 0) is 36.1 Å². The fourth-order valence-corrected chi connectivity index (χ4v) is 4.51. The number of aromatic amines is 1. The molecule has 0 bridgehead atoms. The van der Waals surface area contributed by atoms with E-state index in [9.17, 15) is 14.7 Å². The molecule has 1 fully saturated rings. The average molecular weight is 522 g/mol. The molecule has 4 heterocycles. The molecule has 38 heavy (non-hydrogen) atoms. The number of hydrogen-bond donors (Lipinski definition) is 3. The van der Waals surface area contributed by atoms with Gasteiger partial charge in [-0.15, -0.1) is 0 Å². The van der Waals surface area contributed by atoms with E-state index in [0.29, 0.717) is 58.9 Å². The van der Waals surface area contributed by atoms with Crippen molar-refractivity contribution in [1.82, 2.24) is 30.6 Å². The highest BCUT2D eigenvalue weighted by Crippen LogP contribution is 2.35. The van der Waals surface area contributed by atoms with Crippen LogP contribution in [0, 0.1) is 11.7 Å². The van der Waals surface area contributed by atoms with Crippen LogP contribution in [0.15, 0.2) is 35.0 Å². The number of hydrogen-bond acceptors (Lipinski definition) is 8. The van der Waals surface area contributed by atoms with Crippen LogP contribution in [0.25, 0.3) is 22.2 Å². The highest BCUT2D eigenvalue weighted by atomic mass is 19.1. The van der Waals surface area contributed by atoms with Gasteiger partial charge in [0.2, 0.25) is 5.89 Å². The van der Waals surface area contributed by atoms with E-state index < -0.39 is 29.0 Å². The van der Waals surface area contributed by atoms with E-state index in [1.807, 2.05) is 25.7 Å². The molecule has 0 aliphatic carbocycles. The molecule has 1 aromatic carbocycles. The normalized spacial score (nSPS) is 16.1.